The van der Waals surface area contributed by atoms with Gasteiger partial charge in [0.15, 0.2) is 22.1 Å². The van der Waals surface area contributed by atoms with Gasteiger partial charge in [0.1, 0.15) is 12.4 Å². The molecule has 4 aromatic carbocycles. The molecule has 0 fully saturated rings. The smallest absolute Gasteiger partial charge is 0.271 e. The molecule has 224 valence electrons. The first-order chi connectivity index (χ1) is 21.8. The predicted molar refractivity (Wildman–Crippen MR) is 173 cm³/mol. The van der Waals surface area contributed by atoms with Crippen LogP contribution >= 0.6 is 11.3 Å². The molecule has 6 rings (SSSR count). The fraction of sp³-hybridized carbons (Fsp3) is 0.167. The van der Waals surface area contributed by atoms with Crippen molar-refractivity contribution in [3.63, 3.8) is 0 Å². The number of benzene rings is 4. The van der Waals surface area contributed by atoms with Crippen LogP contribution in [-0.2, 0) is 11.4 Å². The number of allylic oxidation sites excluding steroid dienone is 2. The number of nitrogens with zero attached hydrogens (tertiary/aromatic N) is 3. The number of hydrogen-bond acceptors (Lipinski definition) is 8. The SMILES string of the molecule is COc1cc(/C=c2\sc3n(c2=O)[C@H](c2c(OC)ccc4ccccc24)C(C(C)=O)=C(C)N=3)ccc1OCc1ccccc1C#N. The summed E-state index contributed by atoms with van der Waals surface area (Å²) in [5, 5.41) is 11.3. The molecule has 1 aromatic heterocycles. The standard InChI is InChI=1S/C36H29N3O5S/c1-21-32(22(2)40)34(33-27-12-8-7-9-24(27)14-16-29(33)42-3)39-35(41)31(45-36(39)38-21)18-23-13-15-28(30(17-23)43-4)44-20-26-11-6-5-10-25(26)19-37/h5-18,34H,20H2,1-4H3/b31-18-/t34-/m0/s1. The number of aromatic nitrogens is 1. The molecule has 0 saturated heterocycles. The second-order valence-electron chi connectivity index (χ2n) is 10.5. The van der Waals surface area contributed by atoms with Gasteiger partial charge in [-0.25, -0.2) is 4.99 Å². The van der Waals surface area contributed by atoms with Crippen molar-refractivity contribution < 1.29 is 19.0 Å². The Labute approximate surface area is 263 Å². The summed E-state index contributed by atoms with van der Waals surface area (Å²) in [5.41, 5.74) is 3.53. The van der Waals surface area contributed by atoms with Crippen molar-refractivity contribution in [2.24, 2.45) is 4.99 Å². The summed E-state index contributed by atoms with van der Waals surface area (Å²) in [4.78, 5) is 32.5. The lowest BCUT2D eigenvalue weighted by molar-refractivity contribution is -0.114. The average Bonchev–Trinajstić information content (AvgIpc) is 3.36. The zero-order chi connectivity index (χ0) is 31.7. The summed E-state index contributed by atoms with van der Waals surface area (Å²) in [7, 11) is 3.14. The lowest BCUT2D eigenvalue weighted by Crippen LogP contribution is -2.39. The van der Waals surface area contributed by atoms with Gasteiger partial charge in [0.25, 0.3) is 5.56 Å². The Morgan fingerprint density at radius 1 is 1.00 bits per heavy atom. The van der Waals surface area contributed by atoms with Crippen LogP contribution in [0.3, 0.4) is 0 Å². The fourth-order valence-electron chi connectivity index (χ4n) is 5.73. The zero-order valence-corrected chi connectivity index (χ0v) is 26.0. The summed E-state index contributed by atoms with van der Waals surface area (Å²) in [6.07, 6.45) is 1.78. The molecule has 0 amide bonds. The normalized spacial score (nSPS) is 14.5. The predicted octanol–water partition coefficient (Wildman–Crippen LogP) is 5.45. The minimum absolute atomic E-state index is 0.164. The number of thiazole rings is 1. The minimum Gasteiger partial charge on any atom is -0.496 e. The summed E-state index contributed by atoms with van der Waals surface area (Å²) in [6, 6.07) is 25.8. The van der Waals surface area contributed by atoms with Gasteiger partial charge in [0, 0.05) is 22.4 Å². The zero-order valence-electron chi connectivity index (χ0n) is 25.2. The summed E-state index contributed by atoms with van der Waals surface area (Å²) >= 11 is 1.26. The number of Topliss-reactive ketones (excluding diaryl/α,β-unsaturated/α-hetero) is 1. The van der Waals surface area contributed by atoms with Crippen LogP contribution in [0.25, 0.3) is 16.8 Å². The van der Waals surface area contributed by atoms with Crippen LogP contribution in [0.5, 0.6) is 17.2 Å². The minimum atomic E-state index is -0.719. The van der Waals surface area contributed by atoms with Crippen molar-refractivity contribution in [1.29, 1.82) is 5.26 Å². The molecule has 0 spiro atoms. The van der Waals surface area contributed by atoms with Crippen molar-refractivity contribution in [3.8, 4) is 23.3 Å². The molecule has 5 aromatic rings. The van der Waals surface area contributed by atoms with Crippen LogP contribution in [0.15, 0.2) is 99.9 Å². The Kier molecular flexibility index (Phi) is 8.07. The number of ketones is 1. The fourth-order valence-corrected chi connectivity index (χ4v) is 6.78. The van der Waals surface area contributed by atoms with E-state index >= 15 is 0 Å². The van der Waals surface area contributed by atoms with E-state index in [4.69, 9.17) is 19.2 Å². The molecule has 0 bridgehead atoms. The average molecular weight is 616 g/mol. The van der Waals surface area contributed by atoms with Crippen LogP contribution in [0.4, 0.5) is 0 Å². The van der Waals surface area contributed by atoms with Crippen molar-refractivity contribution in [1.82, 2.24) is 4.57 Å². The molecule has 1 aliphatic rings. The lowest BCUT2D eigenvalue weighted by atomic mass is 9.89. The Balaban J connectivity index is 1.46. The maximum Gasteiger partial charge on any atom is 0.271 e. The largest absolute Gasteiger partial charge is 0.496 e. The van der Waals surface area contributed by atoms with Crippen molar-refractivity contribution in [2.75, 3.05) is 14.2 Å². The number of rotatable bonds is 8. The first-order valence-corrected chi connectivity index (χ1v) is 15.0. The third-order valence-corrected chi connectivity index (χ3v) is 8.81. The first-order valence-electron chi connectivity index (χ1n) is 14.2. The van der Waals surface area contributed by atoms with Gasteiger partial charge in [0.2, 0.25) is 0 Å². The molecular weight excluding hydrogens is 586 g/mol. The van der Waals surface area contributed by atoms with Crippen LogP contribution < -0.4 is 29.1 Å². The second-order valence-corrected chi connectivity index (χ2v) is 11.5. The van der Waals surface area contributed by atoms with Gasteiger partial charge in [-0.05, 0) is 60.5 Å². The van der Waals surface area contributed by atoms with E-state index in [0.717, 1.165) is 27.5 Å². The van der Waals surface area contributed by atoms with E-state index in [2.05, 4.69) is 6.07 Å². The van der Waals surface area contributed by atoms with E-state index in [1.165, 1.54) is 18.3 Å². The van der Waals surface area contributed by atoms with Gasteiger partial charge in [-0.15, -0.1) is 0 Å². The molecule has 2 heterocycles. The lowest BCUT2D eigenvalue weighted by Gasteiger charge is -2.27. The first kappa shape index (κ1) is 29.6. The molecule has 1 atom stereocenters. The highest BCUT2D eigenvalue weighted by Crippen LogP contribution is 2.40. The highest BCUT2D eigenvalue weighted by molar-refractivity contribution is 7.07. The van der Waals surface area contributed by atoms with Gasteiger partial charge >= 0.3 is 0 Å². The number of nitriles is 1. The Hall–Kier alpha value is -5.46. The Morgan fingerprint density at radius 2 is 1.73 bits per heavy atom. The topological polar surface area (TPSA) is 103 Å². The summed E-state index contributed by atoms with van der Waals surface area (Å²) in [6.45, 7) is 3.51. The molecule has 9 heteroatoms. The number of ether oxygens (including phenoxy) is 3. The Morgan fingerprint density at radius 3 is 2.49 bits per heavy atom. The molecule has 0 saturated carbocycles. The molecule has 0 aliphatic carbocycles. The highest BCUT2D eigenvalue weighted by Gasteiger charge is 2.33. The van der Waals surface area contributed by atoms with Crippen molar-refractivity contribution in [2.45, 2.75) is 26.5 Å². The van der Waals surface area contributed by atoms with Gasteiger partial charge in [0.05, 0.1) is 36.4 Å². The number of hydrogen-bond donors (Lipinski definition) is 0. The number of carbonyl (C=O) groups excluding carboxylic acids is 1. The van der Waals surface area contributed by atoms with Gasteiger partial charge in [-0.1, -0.05) is 65.9 Å². The van der Waals surface area contributed by atoms with Crippen LogP contribution in [0.1, 0.15) is 42.1 Å². The number of carbonyl (C=O) groups is 1. The van der Waals surface area contributed by atoms with Crippen molar-refractivity contribution in [3.05, 3.63) is 132 Å². The molecule has 0 N–H and O–H groups in total. The molecule has 0 unspecified atom stereocenters. The monoisotopic (exact) mass is 615 g/mol. The van der Waals surface area contributed by atoms with Gasteiger partial charge < -0.3 is 14.2 Å². The van der Waals surface area contributed by atoms with E-state index in [-0.39, 0.29) is 17.9 Å². The summed E-state index contributed by atoms with van der Waals surface area (Å²) in [5.74, 6) is 1.41. The van der Waals surface area contributed by atoms with Crippen molar-refractivity contribution >= 4 is 34.0 Å². The highest BCUT2D eigenvalue weighted by atomic mass is 32.1. The van der Waals surface area contributed by atoms with E-state index in [1.54, 1.807) is 50.0 Å². The van der Waals surface area contributed by atoms with Crippen LogP contribution in [0, 0.1) is 11.3 Å². The summed E-state index contributed by atoms with van der Waals surface area (Å²) < 4.78 is 19.5. The molecular formula is C36H29N3O5S. The van der Waals surface area contributed by atoms with E-state index in [0.29, 0.717) is 43.4 Å². The van der Waals surface area contributed by atoms with Gasteiger partial charge in [-0.3, -0.25) is 14.2 Å². The van der Waals surface area contributed by atoms with E-state index in [9.17, 15) is 14.9 Å². The Bertz CT molecular complexity index is 2240. The number of methoxy groups -OCH3 is 2. The van der Waals surface area contributed by atoms with E-state index in [1.807, 2.05) is 60.7 Å². The van der Waals surface area contributed by atoms with Crippen LogP contribution in [0.2, 0.25) is 0 Å². The third-order valence-electron chi connectivity index (χ3n) is 7.83. The molecule has 1 aliphatic heterocycles. The van der Waals surface area contributed by atoms with Gasteiger partial charge in [-0.2, -0.15) is 5.26 Å². The van der Waals surface area contributed by atoms with E-state index < -0.39 is 6.04 Å². The molecule has 45 heavy (non-hydrogen) atoms. The number of fused-ring (bicyclic) bond motifs is 2. The maximum atomic E-state index is 14.2. The molecule has 8 nitrogen and oxygen atoms in total. The van der Waals surface area contributed by atoms with Crippen LogP contribution in [-0.4, -0.2) is 24.6 Å². The third kappa shape index (κ3) is 5.41. The quantitative estimate of drug-likeness (QED) is 0.230. The maximum absolute atomic E-state index is 14.2. The second kappa shape index (κ2) is 12.3. The molecule has 0 radical (unpaired) electrons.